The predicted molar refractivity (Wildman–Crippen MR) is 69.9 cm³/mol. The molecule has 0 atom stereocenters. The Morgan fingerprint density at radius 3 is 2.65 bits per heavy atom. The highest BCUT2D eigenvalue weighted by molar-refractivity contribution is 7.99. The molecule has 4 heteroatoms. The van der Waals surface area contributed by atoms with Crippen molar-refractivity contribution in [3.63, 3.8) is 0 Å². The molecule has 0 bridgehead atoms. The first-order chi connectivity index (χ1) is 8.24. The van der Waals surface area contributed by atoms with Gasteiger partial charge in [0.1, 0.15) is 11.9 Å². The van der Waals surface area contributed by atoms with Gasteiger partial charge in [0.05, 0.1) is 5.56 Å². The molecular formula is C13H15FN2S. The average Bonchev–Trinajstić information content (AvgIpc) is 2.39. The Labute approximate surface area is 105 Å². The van der Waals surface area contributed by atoms with Gasteiger partial charge in [0.25, 0.3) is 0 Å². The standard InChI is InChI=1S/C13H15FN2S/c1-17-12-4-6-16(7-5-12)11-3-2-10(9-15)13(14)8-11/h2-3,8,12H,4-7H2,1H3. The molecule has 0 unspecified atom stereocenters. The third-order valence-electron chi connectivity index (χ3n) is 3.21. The quantitative estimate of drug-likeness (QED) is 0.807. The van der Waals surface area contributed by atoms with Crippen molar-refractivity contribution in [1.82, 2.24) is 0 Å². The Bertz CT molecular complexity index is 434. The summed E-state index contributed by atoms with van der Waals surface area (Å²) in [6.07, 6.45) is 4.42. The summed E-state index contributed by atoms with van der Waals surface area (Å²) in [6.45, 7) is 1.94. The summed E-state index contributed by atoms with van der Waals surface area (Å²) in [5, 5.41) is 9.41. The van der Waals surface area contributed by atoms with Crippen LogP contribution in [-0.4, -0.2) is 24.6 Å². The molecule has 17 heavy (non-hydrogen) atoms. The second-order valence-electron chi connectivity index (χ2n) is 4.20. The van der Waals surface area contributed by atoms with Crippen LogP contribution >= 0.6 is 11.8 Å². The molecule has 0 aromatic heterocycles. The van der Waals surface area contributed by atoms with Crippen molar-refractivity contribution in [2.75, 3.05) is 24.2 Å². The topological polar surface area (TPSA) is 27.0 Å². The molecule has 0 radical (unpaired) electrons. The fourth-order valence-corrected chi connectivity index (χ4v) is 2.82. The molecule has 2 rings (SSSR count). The molecular weight excluding hydrogens is 235 g/mol. The molecule has 0 aliphatic carbocycles. The van der Waals surface area contributed by atoms with Crippen LogP contribution in [0.4, 0.5) is 10.1 Å². The summed E-state index contributed by atoms with van der Waals surface area (Å²) in [6, 6.07) is 6.71. The first kappa shape index (κ1) is 12.3. The maximum absolute atomic E-state index is 13.5. The maximum Gasteiger partial charge on any atom is 0.143 e. The second kappa shape index (κ2) is 5.42. The summed E-state index contributed by atoms with van der Waals surface area (Å²) < 4.78 is 13.5. The summed E-state index contributed by atoms with van der Waals surface area (Å²) in [5.41, 5.74) is 1.01. The first-order valence-electron chi connectivity index (χ1n) is 5.72. The van der Waals surface area contributed by atoms with E-state index in [1.807, 2.05) is 23.9 Å². The van der Waals surface area contributed by atoms with Gasteiger partial charge in [0.2, 0.25) is 0 Å². The van der Waals surface area contributed by atoms with Gasteiger partial charge in [0.15, 0.2) is 0 Å². The highest BCUT2D eigenvalue weighted by atomic mass is 32.2. The van der Waals surface area contributed by atoms with Gasteiger partial charge in [-0.05, 0) is 37.3 Å². The number of benzene rings is 1. The third-order valence-corrected chi connectivity index (χ3v) is 4.35. The van der Waals surface area contributed by atoms with Crippen molar-refractivity contribution in [1.29, 1.82) is 5.26 Å². The number of hydrogen-bond acceptors (Lipinski definition) is 3. The minimum absolute atomic E-state index is 0.118. The largest absolute Gasteiger partial charge is 0.371 e. The number of hydrogen-bond donors (Lipinski definition) is 0. The number of anilines is 1. The minimum Gasteiger partial charge on any atom is -0.371 e. The van der Waals surface area contributed by atoms with Crippen LogP contribution < -0.4 is 4.90 Å². The van der Waals surface area contributed by atoms with E-state index in [1.165, 1.54) is 6.07 Å². The molecule has 0 spiro atoms. The van der Waals surface area contributed by atoms with Gasteiger partial charge in [0, 0.05) is 24.0 Å². The van der Waals surface area contributed by atoms with Crippen LogP contribution in [0.5, 0.6) is 0 Å². The Balaban J connectivity index is 2.09. The summed E-state index contributed by atoms with van der Waals surface area (Å²) >= 11 is 1.91. The molecule has 2 nitrogen and oxygen atoms in total. The molecule has 90 valence electrons. The zero-order chi connectivity index (χ0) is 12.3. The molecule has 1 aliphatic heterocycles. The van der Waals surface area contributed by atoms with Gasteiger partial charge < -0.3 is 4.90 Å². The molecule has 1 aromatic carbocycles. The van der Waals surface area contributed by atoms with Crippen molar-refractivity contribution in [3.05, 3.63) is 29.6 Å². The van der Waals surface area contributed by atoms with Crippen LogP contribution in [0.3, 0.4) is 0 Å². The second-order valence-corrected chi connectivity index (χ2v) is 5.34. The van der Waals surface area contributed by atoms with E-state index in [-0.39, 0.29) is 5.56 Å². The van der Waals surface area contributed by atoms with Crippen molar-refractivity contribution >= 4 is 17.4 Å². The van der Waals surface area contributed by atoms with Gasteiger partial charge in [-0.25, -0.2) is 4.39 Å². The number of piperidine rings is 1. The van der Waals surface area contributed by atoms with E-state index in [1.54, 1.807) is 6.07 Å². The van der Waals surface area contributed by atoms with E-state index in [9.17, 15) is 4.39 Å². The van der Waals surface area contributed by atoms with E-state index >= 15 is 0 Å². The lowest BCUT2D eigenvalue weighted by Gasteiger charge is -2.32. The van der Waals surface area contributed by atoms with Crippen LogP contribution in [0.1, 0.15) is 18.4 Å². The molecule has 1 aromatic rings. The van der Waals surface area contributed by atoms with Crippen molar-refractivity contribution in [2.45, 2.75) is 18.1 Å². The number of halogens is 1. The molecule has 0 amide bonds. The molecule has 1 heterocycles. The van der Waals surface area contributed by atoms with Crippen molar-refractivity contribution < 1.29 is 4.39 Å². The Morgan fingerprint density at radius 2 is 2.12 bits per heavy atom. The highest BCUT2D eigenvalue weighted by Crippen LogP contribution is 2.26. The van der Waals surface area contributed by atoms with E-state index in [0.29, 0.717) is 0 Å². The van der Waals surface area contributed by atoms with Crippen LogP contribution in [0, 0.1) is 17.1 Å². The number of thioether (sulfide) groups is 1. The van der Waals surface area contributed by atoms with E-state index < -0.39 is 5.82 Å². The lowest BCUT2D eigenvalue weighted by molar-refractivity contribution is 0.586. The normalized spacial score (nSPS) is 16.9. The Kier molecular flexibility index (Phi) is 3.90. The maximum atomic E-state index is 13.5. The smallest absolute Gasteiger partial charge is 0.143 e. The van der Waals surface area contributed by atoms with Gasteiger partial charge in [-0.3, -0.25) is 0 Å². The summed E-state index contributed by atoms with van der Waals surface area (Å²) in [5.74, 6) is -0.419. The Morgan fingerprint density at radius 1 is 1.41 bits per heavy atom. The molecule has 1 saturated heterocycles. The monoisotopic (exact) mass is 250 g/mol. The predicted octanol–water partition coefficient (Wildman–Crippen LogP) is 3.03. The number of rotatable bonds is 2. The highest BCUT2D eigenvalue weighted by Gasteiger charge is 2.19. The van der Waals surface area contributed by atoms with Gasteiger partial charge in [-0.15, -0.1) is 0 Å². The van der Waals surface area contributed by atoms with Crippen LogP contribution in [0.25, 0.3) is 0 Å². The third kappa shape index (κ3) is 2.73. The lowest BCUT2D eigenvalue weighted by atomic mass is 10.1. The van der Waals surface area contributed by atoms with E-state index in [2.05, 4.69) is 11.2 Å². The number of nitrogens with zero attached hydrogens (tertiary/aromatic N) is 2. The van der Waals surface area contributed by atoms with Gasteiger partial charge >= 0.3 is 0 Å². The fraction of sp³-hybridized carbons (Fsp3) is 0.462. The zero-order valence-corrected chi connectivity index (χ0v) is 10.6. The SMILES string of the molecule is CSC1CCN(c2ccc(C#N)c(F)c2)CC1. The lowest BCUT2D eigenvalue weighted by Crippen LogP contribution is -2.34. The minimum atomic E-state index is -0.419. The summed E-state index contributed by atoms with van der Waals surface area (Å²) in [7, 11) is 0. The zero-order valence-electron chi connectivity index (χ0n) is 9.82. The number of nitriles is 1. The van der Waals surface area contributed by atoms with Crippen molar-refractivity contribution in [3.8, 4) is 6.07 Å². The van der Waals surface area contributed by atoms with Crippen LogP contribution in [-0.2, 0) is 0 Å². The average molecular weight is 250 g/mol. The fourth-order valence-electron chi connectivity index (χ4n) is 2.14. The molecule has 0 N–H and O–H groups in total. The van der Waals surface area contributed by atoms with E-state index in [4.69, 9.17) is 5.26 Å². The van der Waals surface area contributed by atoms with Crippen molar-refractivity contribution in [2.24, 2.45) is 0 Å². The first-order valence-corrected chi connectivity index (χ1v) is 7.01. The molecule has 1 aliphatic rings. The van der Waals surface area contributed by atoms with E-state index in [0.717, 1.165) is 36.9 Å². The molecule has 1 fully saturated rings. The van der Waals surface area contributed by atoms with Crippen LogP contribution in [0.2, 0.25) is 0 Å². The summed E-state index contributed by atoms with van der Waals surface area (Å²) in [4.78, 5) is 2.19. The van der Waals surface area contributed by atoms with Gasteiger partial charge in [-0.2, -0.15) is 17.0 Å². The Hall–Kier alpha value is -1.21. The molecule has 0 saturated carbocycles. The van der Waals surface area contributed by atoms with Crippen LogP contribution in [0.15, 0.2) is 18.2 Å². The van der Waals surface area contributed by atoms with Gasteiger partial charge in [-0.1, -0.05) is 0 Å².